The van der Waals surface area contributed by atoms with Crippen LogP contribution in [-0.2, 0) is 4.79 Å². The van der Waals surface area contributed by atoms with Gasteiger partial charge in [0.05, 0.1) is 15.0 Å². The first-order valence-corrected chi connectivity index (χ1v) is 7.53. The van der Waals surface area contributed by atoms with Crippen LogP contribution in [0, 0.1) is 17.0 Å². The molecule has 0 atom stereocenters. The highest BCUT2D eigenvalue weighted by molar-refractivity contribution is 9.10. The normalized spacial score (nSPS) is 10.1. The quantitative estimate of drug-likeness (QED) is 0.245. The van der Waals surface area contributed by atoms with Gasteiger partial charge in [-0.25, -0.2) is 4.79 Å². The summed E-state index contributed by atoms with van der Waals surface area (Å²) in [7, 11) is 0. The van der Waals surface area contributed by atoms with Gasteiger partial charge in [0.25, 0.3) is 5.69 Å². The molecule has 8 heteroatoms. The fraction of sp³-hybridized carbons (Fsp3) is 0.125. The van der Waals surface area contributed by atoms with E-state index in [1.165, 1.54) is 6.07 Å². The van der Waals surface area contributed by atoms with Crippen molar-refractivity contribution in [2.75, 3.05) is 6.61 Å². The predicted octanol–water partition coefficient (Wildman–Crippen LogP) is 3.46. The van der Waals surface area contributed by atoms with E-state index in [-0.39, 0.29) is 23.6 Å². The Morgan fingerprint density at radius 1 is 1.25 bits per heavy atom. The average Bonchev–Trinajstić information content (AvgIpc) is 2.54. The molecular formula is C16H12BrNO6. The molecule has 0 aliphatic carbocycles. The summed E-state index contributed by atoms with van der Waals surface area (Å²) in [6.45, 7) is 1.54. The van der Waals surface area contributed by atoms with Crippen molar-refractivity contribution in [3.8, 4) is 11.5 Å². The maximum absolute atomic E-state index is 11.8. The molecule has 0 amide bonds. The Morgan fingerprint density at radius 3 is 2.58 bits per heavy atom. The smallest absolute Gasteiger partial charge is 0.349 e. The monoisotopic (exact) mass is 393 g/mol. The summed E-state index contributed by atoms with van der Waals surface area (Å²) >= 11 is 3.32. The maximum atomic E-state index is 11.8. The highest BCUT2D eigenvalue weighted by Gasteiger charge is 2.15. The van der Waals surface area contributed by atoms with Crippen molar-refractivity contribution in [1.29, 1.82) is 0 Å². The number of non-ortho nitro benzene ring substituents is 1. The second-order valence-electron chi connectivity index (χ2n) is 4.79. The zero-order valence-corrected chi connectivity index (χ0v) is 14.1. The largest absolute Gasteiger partial charge is 0.481 e. The molecule has 0 fully saturated rings. The van der Waals surface area contributed by atoms with Gasteiger partial charge < -0.3 is 9.47 Å². The molecule has 0 saturated carbocycles. The number of aldehydes is 1. The van der Waals surface area contributed by atoms with E-state index in [0.29, 0.717) is 16.5 Å². The molecule has 0 heterocycles. The number of hydrogen-bond acceptors (Lipinski definition) is 6. The number of halogens is 1. The van der Waals surface area contributed by atoms with Gasteiger partial charge in [0.15, 0.2) is 12.9 Å². The number of nitrogens with zero attached hydrogens (tertiary/aromatic N) is 1. The highest BCUT2D eigenvalue weighted by atomic mass is 79.9. The molecule has 7 nitrogen and oxygen atoms in total. The molecule has 0 spiro atoms. The summed E-state index contributed by atoms with van der Waals surface area (Å²) in [5, 5.41) is 10.7. The molecule has 2 rings (SSSR count). The van der Waals surface area contributed by atoms with E-state index in [1.54, 1.807) is 6.07 Å². The third kappa shape index (κ3) is 4.39. The van der Waals surface area contributed by atoms with Crippen molar-refractivity contribution in [3.05, 3.63) is 62.1 Å². The Hall–Kier alpha value is -2.74. The molecule has 0 N–H and O–H groups in total. The maximum Gasteiger partial charge on any atom is 0.349 e. The predicted molar refractivity (Wildman–Crippen MR) is 88.5 cm³/mol. The number of benzene rings is 2. The van der Waals surface area contributed by atoms with Crippen LogP contribution in [-0.4, -0.2) is 23.8 Å². The van der Waals surface area contributed by atoms with Crippen LogP contribution in [0.4, 0.5) is 5.69 Å². The lowest BCUT2D eigenvalue weighted by atomic mass is 10.2. The lowest BCUT2D eigenvalue weighted by Crippen LogP contribution is -2.18. The number of esters is 1. The molecular weight excluding hydrogens is 382 g/mol. The number of carbonyl (C=O) groups is 2. The van der Waals surface area contributed by atoms with E-state index in [1.807, 2.05) is 19.1 Å². The lowest BCUT2D eigenvalue weighted by Gasteiger charge is -2.09. The highest BCUT2D eigenvalue weighted by Crippen LogP contribution is 2.26. The minimum atomic E-state index is -0.737. The molecule has 2 aromatic rings. The Labute approximate surface area is 145 Å². The van der Waals surface area contributed by atoms with E-state index in [9.17, 15) is 19.7 Å². The summed E-state index contributed by atoms with van der Waals surface area (Å²) in [4.78, 5) is 32.9. The van der Waals surface area contributed by atoms with Gasteiger partial charge in [0.1, 0.15) is 11.5 Å². The van der Waals surface area contributed by atoms with Crippen LogP contribution in [0.1, 0.15) is 15.9 Å². The first-order chi connectivity index (χ1) is 11.4. The van der Waals surface area contributed by atoms with Crippen LogP contribution in [0.15, 0.2) is 40.9 Å². The van der Waals surface area contributed by atoms with Crippen LogP contribution in [0.3, 0.4) is 0 Å². The molecule has 0 aliphatic rings. The Balaban J connectivity index is 2.04. The van der Waals surface area contributed by atoms with Crippen molar-refractivity contribution < 1.29 is 24.0 Å². The molecule has 0 aliphatic heterocycles. The molecule has 0 radical (unpaired) electrons. The van der Waals surface area contributed by atoms with Crippen LogP contribution in [0.2, 0.25) is 0 Å². The summed E-state index contributed by atoms with van der Waals surface area (Å²) in [6, 6.07) is 8.74. The van der Waals surface area contributed by atoms with Crippen molar-refractivity contribution in [1.82, 2.24) is 0 Å². The van der Waals surface area contributed by atoms with Gasteiger partial charge in [-0.3, -0.25) is 14.9 Å². The fourth-order valence-corrected chi connectivity index (χ4v) is 2.45. The Morgan fingerprint density at radius 2 is 1.96 bits per heavy atom. The van der Waals surface area contributed by atoms with Gasteiger partial charge >= 0.3 is 5.97 Å². The number of hydrogen-bond donors (Lipinski definition) is 0. The molecule has 0 aromatic heterocycles. The second kappa shape index (κ2) is 7.69. The number of nitro benzene ring substituents is 1. The molecule has 24 heavy (non-hydrogen) atoms. The number of ether oxygens (including phenoxy) is 2. The van der Waals surface area contributed by atoms with Crippen LogP contribution >= 0.6 is 15.9 Å². The van der Waals surface area contributed by atoms with Gasteiger partial charge in [0.2, 0.25) is 0 Å². The zero-order chi connectivity index (χ0) is 17.7. The third-order valence-corrected chi connectivity index (χ3v) is 3.61. The van der Waals surface area contributed by atoms with Crippen molar-refractivity contribution in [2.45, 2.75) is 6.92 Å². The minimum absolute atomic E-state index is 0.0628. The molecule has 124 valence electrons. The SMILES string of the molecule is Cc1ccc(OCC(=O)Oc2ccc([N+](=O)[O-])cc2C=O)c(Br)c1. The first-order valence-electron chi connectivity index (χ1n) is 6.74. The van der Waals surface area contributed by atoms with Gasteiger partial charge in [0, 0.05) is 12.1 Å². The summed E-state index contributed by atoms with van der Waals surface area (Å²) in [6.07, 6.45) is 0.382. The third-order valence-electron chi connectivity index (χ3n) is 2.99. The van der Waals surface area contributed by atoms with Crippen molar-refractivity contribution >= 4 is 33.9 Å². The first kappa shape index (κ1) is 17.6. The van der Waals surface area contributed by atoms with E-state index in [0.717, 1.165) is 17.7 Å². The van der Waals surface area contributed by atoms with E-state index in [4.69, 9.17) is 9.47 Å². The van der Waals surface area contributed by atoms with Gasteiger partial charge in [-0.1, -0.05) is 6.07 Å². The lowest BCUT2D eigenvalue weighted by molar-refractivity contribution is -0.384. The minimum Gasteiger partial charge on any atom is -0.481 e. The van der Waals surface area contributed by atoms with E-state index >= 15 is 0 Å². The topological polar surface area (TPSA) is 95.7 Å². The number of nitro groups is 1. The second-order valence-corrected chi connectivity index (χ2v) is 5.65. The molecule has 0 bridgehead atoms. The van der Waals surface area contributed by atoms with Crippen molar-refractivity contribution in [2.24, 2.45) is 0 Å². The number of carbonyl (C=O) groups excluding carboxylic acids is 2. The summed E-state index contributed by atoms with van der Waals surface area (Å²) < 4.78 is 11.1. The van der Waals surface area contributed by atoms with Gasteiger partial charge in [-0.15, -0.1) is 0 Å². The van der Waals surface area contributed by atoms with Gasteiger partial charge in [-0.05, 0) is 46.6 Å². The van der Waals surface area contributed by atoms with Crippen LogP contribution in [0.25, 0.3) is 0 Å². The van der Waals surface area contributed by atoms with E-state index < -0.39 is 10.9 Å². The Bertz CT molecular complexity index is 805. The number of rotatable bonds is 6. The van der Waals surface area contributed by atoms with E-state index in [2.05, 4.69) is 15.9 Å². The van der Waals surface area contributed by atoms with Crippen LogP contribution in [0.5, 0.6) is 11.5 Å². The van der Waals surface area contributed by atoms with Crippen molar-refractivity contribution in [3.63, 3.8) is 0 Å². The summed E-state index contributed by atoms with van der Waals surface area (Å²) in [5.41, 5.74) is 0.670. The van der Waals surface area contributed by atoms with Crippen LogP contribution < -0.4 is 9.47 Å². The molecule has 0 saturated heterocycles. The average molecular weight is 394 g/mol. The number of aryl methyl sites for hydroxylation is 1. The Kier molecular flexibility index (Phi) is 5.64. The molecule has 2 aromatic carbocycles. The zero-order valence-electron chi connectivity index (χ0n) is 12.5. The van der Waals surface area contributed by atoms with Gasteiger partial charge in [-0.2, -0.15) is 0 Å². The fourth-order valence-electron chi connectivity index (χ4n) is 1.85. The standard InChI is InChI=1S/C16H12BrNO6/c1-10-2-4-15(13(17)6-10)23-9-16(20)24-14-5-3-12(18(21)22)7-11(14)8-19/h2-8H,9H2,1H3. The molecule has 0 unspecified atom stereocenters. The summed E-state index contributed by atoms with van der Waals surface area (Å²) in [5.74, 6) is -0.330.